The van der Waals surface area contributed by atoms with Crippen LogP contribution in [-0.2, 0) is 9.53 Å². The summed E-state index contributed by atoms with van der Waals surface area (Å²) in [6.07, 6.45) is 3.54. The van der Waals surface area contributed by atoms with Gasteiger partial charge < -0.3 is 20.3 Å². The van der Waals surface area contributed by atoms with E-state index in [4.69, 9.17) is 4.74 Å². The number of rotatable bonds is 7. The molecule has 146 valence electrons. The van der Waals surface area contributed by atoms with Gasteiger partial charge in [-0.1, -0.05) is 6.92 Å². The Kier molecular flexibility index (Phi) is 5.90. The van der Waals surface area contributed by atoms with Crippen molar-refractivity contribution in [3.8, 4) is 0 Å². The number of nitrogens with zero attached hydrogens (tertiary/aromatic N) is 2. The molecule has 0 bridgehead atoms. The van der Waals surface area contributed by atoms with Gasteiger partial charge in [0.15, 0.2) is 0 Å². The first-order chi connectivity index (χ1) is 13.0. The van der Waals surface area contributed by atoms with Crippen LogP contribution in [-0.4, -0.2) is 61.2 Å². The first-order valence-electron chi connectivity index (χ1n) is 9.24. The zero-order chi connectivity index (χ0) is 19.3. The molecule has 1 aromatic heterocycles. The largest absolute Gasteiger partial charge is 0.380 e. The summed E-state index contributed by atoms with van der Waals surface area (Å²) < 4.78 is 5.33. The second-order valence-electron chi connectivity index (χ2n) is 6.75. The van der Waals surface area contributed by atoms with E-state index < -0.39 is 11.6 Å². The predicted octanol–water partition coefficient (Wildman–Crippen LogP) is 0.416. The van der Waals surface area contributed by atoms with E-state index in [9.17, 15) is 14.4 Å². The number of nitrogens with one attached hydrogen (secondary N) is 3. The van der Waals surface area contributed by atoms with E-state index in [1.807, 2.05) is 11.8 Å². The number of urea groups is 1. The number of pyridine rings is 1. The van der Waals surface area contributed by atoms with Gasteiger partial charge in [-0.3, -0.25) is 14.9 Å². The first kappa shape index (κ1) is 19.1. The molecular formula is C18H25N5O4. The van der Waals surface area contributed by atoms with Crippen molar-refractivity contribution >= 4 is 23.7 Å². The first-order valence-corrected chi connectivity index (χ1v) is 9.24. The highest BCUT2D eigenvalue weighted by molar-refractivity contribution is 6.07. The number of ether oxygens (including phenoxy) is 1. The van der Waals surface area contributed by atoms with Crippen LogP contribution in [0, 0.1) is 0 Å². The Morgan fingerprint density at radius 1 is 1.30 bits per heavy atom. The summed E-state index contributed by atoms with van der Waals surface area (Å²) in [5, 5.41) is 7.84. The Bertz CT molecular complexity index is 698. The van der Waals surface area contributed by atoms with Crippen LogP contribution in [0.1, 0.15) is 36.5 Å². The molecule has 27 heavy (non-hydrogen) atoms. The maximum Gasteiger partial charge on any atom is 0.322 e. The number of piperidine rings is 1. The van der Waals surface area contributed by atoms with Crippen LogP contribution in [0.15, 0.2) is 18.3 Å². The Balaban J connectivity index is 1.50. The lowest BCUT2D eigenvalue weighted by atomic mass is 9.88. The molecule has 0 aromatic carbocycles. The number of anilines is 1. The van der Waals surface area contributed by atoms with Crippen molar-refractivity contribution in [2.45, 2.75) is 31.7 Å². The summed E-state index contributed by atoms with van der Waals surface area (Å²) in [5.41, 5.74) is -0.307. The average molecular weight is 375 g/mol. The van der Waals surface area contributed by atoms with Gasteiger partial charge in [0.2, 0.25) is 0 Å². The van der Waals surface area contributed by atoms with Gasteiger partial charge >= 0.3 is 6.03 Å². The lowest BCUT2D eigenvalue weighted by molar-refractivity contribution is -0.124. The van der Waals surface area contributed by atoms with Crippen LogP contribution >= 0.6 is 0 Å². The molecule has 2 aliphatic heterocycles. The second kappa shape index (κ2) is 8.34. The summed E-state index contributed by atoms with van der Waals surface area (Å²) in [6.45, 7) is 4.87. The summed E-state index contributed by atoms with van der Waals surface area (Å²) in [4.78, 5) is 41.9. The Hall–Kier alpha value is -2.68. The maximum atomic E-state index is 12.1. The van der Waals surface area contributed by atoms with E-state index in [2.05, 4.69) is 20.9 Å². The monoisotopic (exact) mass is 375 g/mol. The van der Waals surface area contributed by atoms with Crippen LogP contribution in [0.3, 0.4) is 0 Å². The third-order valence-corrected chi connectivity index (χ3v) is 4.85. The molecule has 3 rings (SSSR count). The van der Waals surface area contributed by atoms with Crippen LogP contribution < -0.4 is 20.9 Å². The minimum Gasteiger partial charge on any atom is -0.380 e. The number of hydrogen-bond donors (Lipinski definition) is 3. The molecule has 2 aliphatic rings. The lowest BCUT2D eigenvalue weighted by Crippen LogP contribution is -2.55. The molecule has 0 aliphatic carbocycles. The molecular weight excluding hydrogens is 350 g/mol. The summed E-state index contributed by atoms with van der Waals surface area (Å²) >= 11 is 0. The van der Waals surface area contributed by atoms with Crippen LogP contribution in [0.2, 0.25) is 0 Å². The standard InChI is InChI=1S/C18H25N5O4/c1-2-10-27-11-7-19-15(24)13-3-4-14(20-12-13)23-8-5-18(6-9-23)16(25)21-17(26)22-18/h3-4,12H,2,5-11H2,1H3,(H,19,24)(H2,21,22,25,26). The molecule has 1 spiro atoms. The quantitative estimate of drug-likeness (QED) is 0.470. The molecule has 2 fully saturated rings. The molecule has 0 saturated carbocycles. The summed E-state index contributed by atoms with van der Waals surface area (Å²) in [7, 11) is 0. The third-order valence-electron chi connectivity index (χ3n) is 4.85. The summed E-state index contributed by atoms with van der Waals surface area (Å²) in [6, 6.07) is 3.11. The highest BCUT2D eigenvalue weighted by atomic mass is 16.5. The number of amides is 4. The Morgan fingerprint density at radius 2 is 2.07 bits per heavy atom. The highest BCUT2D eigenvalue weighted by Crippen LogP contribution is 2.27. The fraction of sp³-hybridized carbons (Fsp3) is 0.556. The van der Waals surface area contributed by atoms with E-state index in [-0.39, 0.29) is 11.8 Å². The smallest absolute Gasteiger partial charge is 0.322 e. The van der Waals surface area contributed by atoms with E-state index >= 15 is 0 Å². The van der Waals surface area contributed by atoms with Gasteiger partial charge in [0.25, 0.3) is 11.8 Å². The molecule has 4 amide bonds. The Labute approximate surface area is 157 Å². The van der Waals surface area contributed by atoms with Crippen LogP contribution in [0.5, 0.6) is 0 Å². The zero-order valence-corrected chi connectivity index (χ0v) is 15.4. The van der Waals surface area contributed by atoms with Crippen molar-refractivity contribution in [3.05, 3.63) is 23.9 Å². The van der Waals surface area contributed by atoms with E-state index in [1.165, 1.54) is 0 Å². The van der Waals surface area contributed by atoms with Crippen molar-refractivity contribution in [2.24, 2.45) is 0 Å². The molecule has 3 N–H and O–H groups in total. The highest BCUT2D eigenvalue weighted by Gasteiger charge is 2.47. The van der Waals surface area contributed by atoms with E-state index in [0.717, 1.165) is 12.2 Å². The normalized spacial score (nSPS) is 18.3. The number of aromatic nitrogens is 1. The lowest BCUT2D eigenvalue weighted by Gasteiger charge is -2.37. The molecule has 9 heteroatoms. The van der Waals surface area contributed by atoms with Gasteiger partial charge in [-0.05, 0) is 31.4 Å². The zero-order valence-electron chi connectivity index (χ0n) is 15.4. The average Bonchev–Trinajstić information content (AvgIpc) is 2.95. The minimum atomic E-state index is -0.798. The van der Waals surface area contributed by atoms with Gasteiger partial charge in [0.05, 0.1) is 12.2 Å². The van der Waals surface area contributed by atoms with Crippen molar-refractivity contribution in [1.29, 1.82) is 0 Å². The minimum absolute atomic E-state index is 0.183. The molecule has 9 nitrogen and oxygen atoms in total. The molecule has 0 radical (unpaired) electrons. The van der Waals surface area contributed by atoms with E-state index in [0.29, 0.717) is 51.3 Å². The molecule has 1 aromatic rings. The number of hydrogen-bond acceptors (Lipinski definition) is 6. The second-order valence-corrected chi connectivity index (χ2v) is 6.75. The molecule has 0 atom stereocenters. The van der Waals surface area contributed by atoms with Crippen molar-refractivity contribution in [2.75, 3.05) is 37.7 Å². The SMILES string of the molecule is CCCOCCNC(=O)c1ccc(N2CCC3(CC2)NC(=O)NC3=O)nc1. The van der Waals surface area contributed by atoms with Crippen LogP contribution in [0.4, 0.5) is 10.6 Å². The fourth-order valence-corrected chi connectivity index (χ4v) is 3.29. The van der Waals surface area contributed by atoms with Gasteiger partial charge in [-0.2, -0.15) is 0 Å². The van der Waals surface area contributed by atoms with Crippen LogP contribution in [0.25, 0.3) is 0 Å². The topological polar surface area (TPSA) is 113 Å². The van der Waals surface area contributed by atoms with Gasteiger partial charge in [-0.25, -0.2) is 9.78 Å². The predicted molar refractivity (Wildman–Crippen MR) is 98.5 cm³/mol. The van der Waals surface area contributed by atoms with Crippen molar-refractivity contribution in [3.63, 3.8) is 0 Å². The maximum absolute atomic E-state index is 12.1. The van der Waals surface area contributed by atoms with E-state index in [1.54, 1.807) is 18.3 Å². The third kappa shape index (κ3) is 4.36. The molecule has 2 saturated heterocycles. The van der Waals surface area contributed by atoms with Gasteiger partial charge in [-0.15, -0.1) is 0 Å². The fourth-order valence-electron chi connectivity index (χ4n) is 3.29. The number of carbonyl (C=O) groups excluding carboxylic acids is 3. The van der Waals surface area contributed by atoms with Gasteiger partial charge in [0.1, 0.15) is 11.4 Å². The number of carbonyl (C=O) groups is 3. The van der Waals surface area contributed by atoms with Gasteiger partial charge in [0, 0.05) is 32.4 Å². The Morgan fingerprint density at radius 3 is 2.67 bits per heavy atom. The number of imide groups is 1. The van der Waals surface area contributed by atoms with Crippen molar-refractivity contribution in [1.82, 2.24) is 20.9 Å². The summed E-state index contributed by atoms with van der Waals surface area (Å²) in [5.74, 6) is 0.310. The molecule has 0 unspecified atom stereocenters. The van der Waals surface area contributed by atoms with Crippen molar-refractivity contribution < 1.29 is 19.1 Å². The molecule has 3 heterocycles.